The van der Waals surface area contributed by atoms with E-state index in [-0.39, 0.29) is 5.41 Å². The molecule has 1 saturated carbocycles. The van der Waals surface area contributed by atoms with Gasteiger partial charge in [0.1, 0.15) is 11.9 Å². The largest absolute Gasteiger partial charge is 0.466 e. The summed E-state index contributed by atoms with van der Waals surface area (Å²) in [5.41, 5.74) is 6.85. The third kappa shape index (κ3) is 2.87. The summed E-state index contributed by atoms with van der Waals surface area (Å²) in [4.78, 5) is 0. The highest BCUT2D eigenvalue weighted by molar-refractivity contribution is 5.19. The van der Waals surface area contributed by atoms with Gasteiger partial charge in [-0.15, -0.1) is 0 Å². The number of nitrogens with two attached hydrogens (primary N) is 1. The van der Waals surface area contributed by atoms with Gasteiger partial charge in [-0.25, -0.2) is 0 Å². The van der Waals surface area contributed by atoms with Gasteiger partial charge in [-0.05, 0) is 50.2 Å². The maximum atomic E-state index is 10.7. The van der Waals surface area contributed by atoms with Crippen molar-refractivity contribution < 1.29 is 9.52 Å². The van der Waals surface area contributed by atoms with Crippen LogP contribution in [0.4, 0.5) is 0 Å². The van der Waals surface area contributed by atoms with Crippen LogP contribution >= 0.6 is 0 Å². The van der Waals surface area contributed by atoms with Crippen LogP contribution in [-0.2, 0) is 0 Å². The van der Waals surface area contributed by atoms with Gasteiger partial charge < -0.3 is 15.3 Å². The van der Waals surface area contributed by atoms with Crippen LogP contribution in [0.15, 0.2) is 16.7 Å². The summed E-state index contributed by atoms with van der Waals surface area (Å²) in [7, 11) is 0. The number of aliphatic hydroxyl groups excluding tert-OH is 1. The van der Waals surface area contributed by atoms with Crippen molar-refractivity contribution in [3.8, 4) is 0 Å². The van der Waals surface area contributed by atoms with Crippen molar-refractivity contribution in [1.29, 1.82) is 0 Å². The van der Waals surface area contributed by atoms with Crippen LogP contribution in [0.3, 0.4) is 0 Å². The van der Waals surface area contributed by atoms with Crippen LogP contribution in [0.1, 0.15) is 62.9 Å². The molecule has 1 aliphatic carbocycles. The van der Waals surface area contributed by atoms with Crippen LogP contribution in [-0.4, -0.2) is 11.7 Å². The Labute approximate surface area is 116 Å². The molecule has 1 aromatic rings. The zero-order valence-electron chi connectivity index (χ0n) is 12.2. The summed E-state index contributed by atoms with van der Waals surface area (Å²) in [5, 5.41) is 10.7. The molecule has 1 atom stereocenters. The molecule has 0 amide bonds. The second-order valence-electron chi connectivity index (χ2n) is 6.17. The van der Waals surface area contributed by atoms with Crippen LogP contribution in [0, 0.1) is 18.3 Å². The quantitative estimate of drug-likeness (QED) is 0.855. The van der Waals surface area contributed by atoms with Crippen molar-refractivity contribution in [2.24, 2.45) is 17.1 Å². The van der Waals surface area contributed by atoms with E-state index in [1.54, 1.807) is 6.26 Å². The second-order valence-corrected chi connectivity index (χ2v) is 6.17. The highest BCUT2D eigenvalue weighted by atomic mass is 16.4. The van der Waals surface area contributed by atoms with E-state index in [1.807, 2.05) is 13.0 Å². The van der Waals surface area contributed by atoms with Gasteiger partial charge in [0.15, 0.2) is 0 Å². The first kappa shape index (κ1) is 14.6. The minimum Gasteiger partial charge on any atom is -0.466 e. The molecular weight excluding hydrogens is 238 g/mol. The summed E-state index contributed by atoms with van der Waals surface area (Å²) in [6, 6.07) is 1.91. The number of rotatable bonds is 5. The smallest absolute Gasteiger partial charge is 0.135 e. The van der Waals surface area contributed by atoms with Crippen LogP contribution in [0.25, 0.3) is 0 Å². The fraction of sp³-hybridized carbons (Fsp3) is 0.750. The Balaban J connectivity index is 2.10. The fourth-order valence-corrected chi connectivity index (χ4v) is 3.48. The van der Waals surface area contributed by atoms with E-state index < -0.39 is 6.10 Å². The van der Waals surface area contributed by atoms with Crippen LogP contribution < -0.4 is 5.73 Å². The van der Waals surface area contributed by atoms with Gasteiger partial charge in [-0.2, -0.15) is 0 Å². The first-order chi connectivity index (χ1) is 9.13. The third-order valence-corrected chi connectivity index (χ3v) is 4.93. The minimum absolute atomic E-state index is 0.188. The lowest BCUT2D eigenvalue weighted by atomic mass is 9.66. The van der Waals surface area contributed by atoms with Crippen molar-refractivity contribution in [2.45, 2.75) is 58.5 Å². The van der Waals surface area contributed by atoms with E-state index in [0.717, 1.165) is 24.3 Å². The summed E-state index contributed by atoms with van der Waals surface area (Å²) in [5.74, 6) is 1.52. The lowest BCUT2D eigenvalue weighted by molar-refractivity contribution is -0.0238. The van der Waals surface area contributed by atoms with E-state index in [1.165, 1.54) is 25.7 Å². The van der Waals surface area contributed by atoms with Gasteiger partial charge in [-0.3, -0.25) is 0 Å². The Hall–Kier alpha value is -0.800. The molecule has 2 rings (SSSR count). The topological polar surface area (TPSA) is 59.4 Å². The molecule has 0 saturated heterocycles. The zero-order valence-corrected chi connectivity index (χ0v) is 12.2. The lowest BCUT2D eigenvalue weighted by Crippen LogP contribution is -2.40. The summed E-state index contributed by atoms with van der Waals surface area (Å²) >= 11 is 0. The number of hydrogen-bond donors (Lipinski definition) is 2. The summed E-state index contributed by atoms with van der Waals surface area (Å²) in [6.45, 7) is 4.76. The molecule has 0 radical (unpaired) electrons. The summed E-state index contributed by atoms with van der Waals surface area (Å²) < 4.78 is 5.47. The van der Waals surface area contributed by atoms with Gasteiger partial charge in [0, 0.05) is 12.0 Å². The first-order valence-corrected chi connectivity index (χ1v) is 7.55. The van der Waals surface area contributed by atoms with Crippen LogP contribution in [0.5, 0.6) is 0 Å². The molecule has 3 heteroatoms. The van der Waals surface area contributed by atoms with Crippen LogP contribution in [0.2, 0.25) is 0 Å². The van der Waals surface area contributed by atoms with Gasteiger partial charge in [0.05, 0.1) is 6.26 Å². The normalized spacial score (nSPS) is 29.4. The number of furan rings is 1. The van der Waals surface area contributed by atoms with E-state index in [4.69, 9.17) is 10.2 Å². The molecule has 1 fully saturated rings. The molecule has 0 aromatic carbocycles. The lowest BCUT2D eigenvalue weighted by Gasteiger charge is -2.42. The van der Waals surface area contributed by atoms with Gasteiger partial charge in [0.25, 0.3) is 0 Å². The Bertz CT molecular complexity index is 391. The predicted molar refractivity (Wildman–Crippen MR) is 76.8 cm³/mol. The molecule has 3 N–H and O–H groups in total. The van der Waals surface area contributed by atoms with Gasteiger partial charge in [-0.1, -0.05) is 19.8 Å². The predicted octanol–water partition coefficient (Wildman–Crippen LogP) is 3.56. The maximum absolute atomic E-state index is 10.7. The molecule has 1 aromatic heterocycles. The Morgan fingerprint density at radius 2 is 2.16 bits per heavy atom. The molecule has 19 heavy (non-hydrogen) atoms. The Kier molecular flexibility index (Phi) is 4.69. The molecule has 108 valence electrons. The number of aryl methyl sites for hydroxylation is 1. The molecule has 0 spiro atoms. The molecule has 0 aliphatic heterocycles. The van der Waals surface area contributed by atoms with E-state index in [2.05, 4.69) is 6.92 Å². The van der Waals surface area contributed by atoms with E-state index in [9.17, 15) is 5.11 Å². The molecule has 0 bridgehead atoms. The number of hydrogen-bond acceptors (Lipinski definition) is 3. The van der Waals surface area contributed by atoms with E-state index >= 15 is 0 Å². The first-order valence-electron chi connectivity index (χ1n) is 7.55. The molecule has 3 nitrogen and oxygen atoms in total. The maximum Gasteiger partial charge on any atom is 0.135 e. The van der Waals surface area contributed by atoms with Crippen molar-refractivity contribution in [3.63, 3.8) is 0 Å². The summed E-state index contributed by atoms with van der Waals surface area (Å²) in [6.07, 6.45) is 8.03. The Morgan fingerprint density at radius 1 is 1.47 bits per heavy atom. The SMILES string of the molecule is CCCC1CCC(CN)(C(O)c2occc2C)CC1. The van der Waals surface area contributed by atoms with Crippen molar-refractivity contribution >= 4 is 0 Å². The fourth-order valence-electron chi connectivity index (χ4n) is 3.48. The highest BCUT2D eigenvalue weighted by Gasteiger charge is 2.42. The zero-order chi connectivity index (χ0) is 13.9. The second kappa shape index (κ2) is 6.10. The minimum atomic E-state index is -0.560. The molecule has 1 unspecified atom stereocenters. The van der Waals surface area contributed by atoms with Gasteiger partial charge in [0.2, 0.25) is 0 Å². The average molecular weight is 265 g/mol. The van der Waals surface area contributed by atoms with Crippen molar-refractivity contribution in [1.82, 2.24) is 0 Å². The molecule has 1 aliphatic rings. The van der Waals surface area contributed by atoms with Crippen molar-refractivity contribution in [3.05, 3.63) is 23.7 Å². The molecular formula is C16H27NO2. The standard InChI is InChI=1S/C16H27NO2/c1-3-4-13-5-8-16(11-17,9-6-13)15(18)14-12(2)7-10-19-14/h7,10,13,15,18H,3-6,8-9,11,17H2,1-2H3. The van der Waals surface area contributed by atoms with Crippen molar-refractivity contribution in [2.75, 3.05) is 6.54 Å². The average Bonchev–Trinajstić information content (AvgIpc) is 2.85. The Morgan fingerprint density at radius 3 is 2.63 bits per heavy atom. The van der Waals surface area contributed by atoms with E-state index in [0.29, 0.717) is 12.3 Å². The number of aliphatic hydroxyl groups is 1. The van der Waals surface area contributed by atoms with Gasteiger partial charge >= 0.3 is 0 Å². The highest BCUT2D eigenvalue weighted by Crippen LogP contribution is 2.48. The third-order valence-electron chi connectivity index (χ3n) is 4.93. The molecule has 1 heterocycles. The monoisotopic (exact) mass is 265 g/mol.